The highest BCUT2D eigenvalue weighted by Gasteiger charge is 2.10. The number of aromatic nitrogens is 4. The minimum Gasteiger partial charge on any atom is -0.493 e. The number of benzene rings is 2. The van der Waals surface area contributed by atoms with Gasteiger partial charge in [-0.2, -0.15) is 0 Å². The third-order valence-corrected chi connectivity index (χ3v) is 4.84. The predicted octanol–water partition coefficient (Wildman–Crippen LogP) is 5.21. The van der Waals surface area contributed by atoms with E-state index in [0.29, 0.717) is 21.4 Å². The van der Waals surface area contributed by atoms with Crippen molar-refractivity contribution in [3.8, 4) is 28.1 Å². The van der Waals surface area contributed by atoms with E-state index in [9.17, 15) is 9.90 Å². The van der Waals surface area contributed by atoms with Gasteiger partial charge >= 0.3 is 0 Å². The monoisotopic (exact) mass is 440 g/mol. The summed E-state index contributed by atoms with van der Waals surface area (Å²) in [7, 11) is 0. The molecule has 4 rings (SSSR count). The second-order valence-electron chi connectivity index (χ2n) is 6.49. The zero-order valence-electron chi connectivity index (χ0n) is 16.2. The molecule has 0 aliphatic heterocycles. The van der Waals surface area contributed by atoms with Crippen LogP contribution in [0.2, 0.25) is 10.3 Å². The fraction of sp³-hybridized carbons (Fsp3) is 0.0909. The normalized spacial score (nSPS) is 10.3. The number of aromatic hydroxyl groups is 1. The molecule has 0 fully saturated rings. The topological polar surface area (TPSA) is 91.8 Å². The molecule has 2 heterocycles. The van der Waals surface area contributed by atoms with E-state index in [2.05, 4.69) is 19.9 Å². The van der Waals surface area contributed by atoms with Crippen LogP contribution in [-0.4, -0.2) is 25.0 Å². The Morgan fingerprint density at radius 1 is 0.767 bits per heavy atom. The van der Waals surface area contributed by atoms with Crippen molar-refractivity contribution in [1.82, 2.24) is 19.9 Å². The lowest BCUT2D eigenvalue weighted by Gasteiger charge is -2.05. The van der Waals surface area contributed by atoms with E-state index < -0.39 is 0 Å². The lowest BCUT2D eigenvalue weighted by atomic mass is 10.1. The minimum atomic E-state index is -0.341. The summed E-state index contributed by atoms with van der Waals surface area (Å²) < 4.78 is 0. The second kappa shape index (κ2) is 9.52. The first-order valence-corrected chi connectivity index (χ1v) is 9.69. The van der Waals surface area contributed by atoms with Crippen LogP contribution in [0.5, 0.6) is 5.88 Å². The smallest absolute Gasteiger partial charge is 0.262 e. The van der Waals surface area contributed by atoms with E-state index in [1.54, 1.807) is 12.1 Å². The molecule has 30 heavy (non-hydrogen) atoms. The van der Waals surface area contributed by atoms with Gasteiger partial charge in [0.25, 0.3) is 5.56 Å². The fourth-order valence-corrected chi connectivity index (χ4v) is 3.21. The molecule has 0 spiro atoms. The largest absolute Gasteiger partial charge is 0.493 e. The predicted molar refractivity (Wildman–Crippen MR) is 119 cm³/mol. The number of hydrogen-bond donors (Lipinski definition) is 2. The van der Waals surface area contributed by atoms with Gasteiger partial charge in [0.2, 0.25) is 5.88 Å². The van der Waals surface area contributed by atoms with Crippen molar-refractivity contribution in [3.05, 3.63) is 93.0 Å². The van der Waals surface area contributed by atoms with Crippen LogP contribution < -0.4 is 5.56 Å². The third kappa shape index (κ3) is 5.03. The van der Waals surface area contributed by atoms with Gasteiger partial charge < -0.3 is 10.1 Å². The molecule has 2 aromatic carbocycles. The van der Waals surface area contributed by atoms with Gasteiger partial charge in [0.1, 0.15) is 22.2 Å². The van der Waals surface area contributed by atoms with Gasteiger partial charge in [0.15, 0.2) is 0 Å². The van der Waals surface area contributed by atoms with E-state index in [4.69, 9.17) is 23.2 Å². The Hall–Kier alpha value is -3.22. The first-order chi connectivity index (χ1) is 14.4. The van der Waals surface area contributed by atoms with Gasteiger partial charge in [-0.15, -0.1) is 0 Å². The number of nitrogens with one attached hydrogen (secondary N) is 1. The maximum atomic E-state index is 11.5. The molecule has 2 N–H and O–H groups in total. The number of halogens is 2. The molecular weight excluding hydrogens is 423 g/mol. The van der Waals surface area contributed by atoms with Crippen molar-refractivity contribution in [1.29, 1.82) is 0 Å². The summed E-state index contributed by atoms with van der Waals surface area (Å²) in [6.07, 6.45) is 2.53. The van der Waals surface area contributed by atoms with Gasteiger partial charge in [-0.05, 0) is 25.0 Å². The molecule has 0 aliphatic rings. The number of rotatable bonds is 2. The van der Waals surface area contributed by atoms with Crippen molar-refractivity contribution >= 4 is 23.2 Å². The standard InChI is InChI=1S/C11H8Cl2N2.C11H10N2O2/c1-7-2-4-8(5-3-7)9-10(12)14-6-15-11(9)13;1-7-2-4-8(5-3-7)9-10(14)12-6-13-11(9)15/h2-6H,1H3;2-6H,1H3,(H2,12,13,14,15). The Bertz CT molecular complexity index is 1190. The molecule has 8 heteroatoms. The molecule has 0 atom stereocenters. The van der Waals surface area contributed by atoms with E-state index in [-0.39, 0.29) is 17.0 Å². The number of aromatic amines is 1. The zero-order chi connectivity index (χ0) is 21.7. The molecule has 0 unspecified atom stereocenters. The highest BCUT2D eigenvalue weighted by Crippen LogP contribution is 2.31. The molecule has 0 bridgehead atoms. The Kier molecular flexibility index (Phi) is 6.82. The van der Waals surface area contributed by atoms with Crippen LogP contribution in [0.15, 0.2) is 66.0 Å². The van der Waals surface area contributed by atoms with E-state index in [1.807, 2.05) is 50.2 Å². The highest BCUT2D eigenvalue weighted by atomic mass is 35.5. The number of H-pyrrole nitrogens is 1. The Morgan fingerprint density at radius 3 is 1.70 bits per heavy atom. The summed E-state index contributed by atoms with van der Waals surface area (Å²) in [6.45, 7) is 3.98. The maximum Gasteiger partial charge on any atom is 0.262 e. The van der Waals surface area contributed by atoms with Gasteiger partial charge in [-0.3, -0.25) is 4.79 Å². The number of hydrogen-bond acceptors (Lipinski definition) is 5. The molecular formula is C22H18Cl2N4O2. The van der Waals surface area contributed by atoms with Gasteiger partial charge in [0.05, 0.1) is 11.9 Å². The minimum absolute atomic E-state index is 0.206. The summed E-state index contributed by atoms with van der Waals surface area (Å²) in [4.78, 5) is 25.4. The van der Waals surface area contributed by atoms with E-state index in [0.717, 1.165) is 11.1 Å². The van der Waals surface area contributed by atoms with Crippen LogP contribution in [0.3, 0.4) is 0 Å². The summed E-state index contributed by atoms with van der Waals surface area (Å²) >= 11 is 11.9. The van der Waals surface area contributed by atoms with Crippen molar-refractivity contribution < 1.29 is 5.11 Å². The van der Waals surface area contributed by atoms with Crippen molar-refractivity contribution in [2.45, 2.75) is 13.8 Å². The molecule has 0 saturated heterocycles. The quantitative estimate of drug-likeness (QED) is 0.417. The molecule has 152 valence electrons. The van der Waals surface area contributed by atoms with Crippen LogP contribution in [0.1, 0.15) is 11.1 Å². The summed E-state index contributed by atoms with van der Waals surface area (Å²) in [5.74, 6) is -0.248. The molecule has 0 saturated carbocycles. The average molecular weight is 441 g/mol. The summed E-state index contributed by atoms with van der Waals surface area (Å²) in [6, 6.07) is 15.2. The molecule has 0 amide bonds. The van der Waals surface area contributed by atoms with Crippen molar-refractivity contribution in [3.63, 3.8) is 0 Å². The fourth-order valence-electron chi connectivity index (χ4n) is 2.67. The SMILES string of the molecule is Cc1ccc(-c2c(Cl)ncnc2Cl)cc1.Cc1ccc(-c2c(O)nc[nH]c2=O)cc1. The Labute approximate surface area is 183 Å². The molecule has 0 radical (unpaired) electrons. The van der Waals surface area contributed by atoms with Gasteiger partial charge in [-0.1, -0.05) is 82.9 Å². The lowest BCUT2D eigenvalue weighted by Crippen LogP contribution is -2.09. The van der Waals surface area contributed by atoms with Crippen molar-refractivity contribution in [2.75, 3.05) is 0 Å². The first kappa shape index (κ1) is 21.5. The van der Waals surface area contributed by atoms with Crippen LogP contribution in [0, 0.1) is 13.8 Å². The molecule has 4 aromatic rings. The molecule has 0 aliphatic carbocycles. The average Bonchev–Trinajstić information content (AvgIpc) is 2.71. The summed E-state index contributed by atoms with van der Waals surface area (Å²) in [5.41, 5.74) is 4.41. The third-order valence-electron chi connectivity index (χ3n) is 4.27. The van der Waals surface area contributed by atoms with Crippen LogP contribution in [0.4, 0.5) is 0 Å². The zero-order valence-corrected chi connectivity index (χ0v) is 17.7. The van der Waals surface area contributed by atoms with Gasteiger partial charge in [-0.25, -0.2) is 15.0 Å². The van der Waals surface area contributed by atoms with Crippen LogP contribution in [-0.2, 0) is 0 Å². The lowest BCUT2D eigenvalue weighted by molar-refractivity contribution is 0.453. The highest BCUT2D eigenvalue weighted by molar-refractivity contribution is 6.37. The van der Waals surface area contributed by atoms with Gasteiger partial charge in [0, 0.05) is 0 Å². The maximum absolute atomic E-state index is 11.5. The van der Waals surface area contributed by atoms with Crippen LogP contribution in [0.25, 0.3) is 22.3 Å². The Morgan fingerprint density at radius 2 is 1.23 bits per heavy atom. The van der Waals surface area contributed by atoms with E-state index in [1.165, 1.54) is 18.2 Å². The van der Waals surface area contributed by atoms with E-state index >= 15 is 0 Å². The van der Waals surface area contributed by atoms with Crippen LogP contribution >= 0.6 is 23.2 Å². The number of nitrogens with zero attached hydrogens (tertiary/aromatic N) is 3. The second-order valence-corrected chi connectivity index (χ2v) is 7.21. The summed E-state index contributed by atoms with van der Waals surface area (Å²) in [5, 5.41) is 10.2. The Balaban J connectivity index is 0.000000171. The molecule has 6 nitrogen and oxygen atoms in total. The first-order valence-electron chi connectivity index (χ1n) is 8.93. The number of aryl methyl sites for hydroxylation is 2. The molecule has 2 aromatic heterocycles. The van der Waals surface area contributed by atoms with Crippen molar-refractivity contribution in [2.24, 2.45) is 0 Å².